The van der Waals surface area contributed by atoms with E-state index in [9.17, 15) is 0 Å². The van der Waals surface area contributed by atoms with E-state index in [1.807, 2.05) is 19.3 Å². The number of nitrogens with zero attached hydrogens (tertiary/aromatic N) is 4. The highest BCUT2D eigenvalue weighted by molar-refractivity contribution is 5.86. The molecule has 4 rings (SSSR count). The lowest BCUT2D eigenvalue weighted by atomic mass is 10.0. The first-order valence-corrected chi connectivity index (χ1v) is 9.24. The maximum Gasteiger partial charge on any atom is 0.0604 e. The van der Waals surface area contributed by atoms with E-state index < -0.39 is 0 Å². The van der Waals surface area contributed by atoms with Gasteiger partial charge >= 0.3 is 0 Å². The number of benzene rings is 1. The van der Waals surface area contributed by atoms with E-state index in [1.165, 1.54) is 27.7 Å². The van der Waals surface area contributed by atoms with Crippen molar-refractivity contribution in [3.63, 3.8) is 0 Å². The van der Waals surface area contributed by atoms with Crippen molar-refractivity contribution in [1.29, 1.82) is 0 Å². The van der Waals surface area contributed by atoms with E-state index in [0.29, 0.717) is 0 Å². The van der Waals surface area contributed by atoms with E-state index >= 15 is 0 Å². The highest BCUT2D eigenvalue weighted by Crippen LogP contribution is 2.31. The van der Waals surface area contributed by atoms with Gasteiger partial charge < -0.3 is 9.47 Å². The van der Waals surface area contributed by atoms with Crippen LogP contribution < -0.4 is 0 Å². The number of rotatable bonds is 4. The Balaban J connectivity index is 1.73. The van der Waals surface area contributed by atoms with E-state index in [2.05, 4.69) is 51.6 Å². The molecule has 25 heavy (non-hydrogen) atoms. The van der Waals surface area contributed by atoms with Crippen LogP contribution in [-0.2, 0) is 32.4 Å². The smallest absolute Gasteiger partial charge is 0.0604 e. The van der Waals surface area contributed by atoms with Gasteiger partial charge in [-0.25, -0.2) is 0 Å². The Bertz CT molecular complexity index is 892. The quantitative estimate of drug-likeness (QED) is 0.732. The molecule has 0 spiro atoms. The summed E-state index contributed by atoms with van der Waals surface area (Å²) in [5.74, 6) is 0. The molecule has 0 saturated heterocycles. The lowest BCUT2D eigenvalue weighted by Gasteiger charge is -2.24. The summed E-state index contributed by atoms with van der Waals surface area (Å²) in [4.78, 5) is 11.3. The molecule has 4 nitrogen and oxygen atoms in total. The fourth-order valence-corrected chi connectivity index (χ4v) is 3.88. The van der Waals surface area contributed by atoms with Crippen molar-refractivity contribution in [2.75, 3.05) is 13.6 Å². The van der Waals surface area contributed by atoms with Gasteiger partial charge in [0.15, 0.2) is 0 Å². The molecule has 3 aromatic rings. The first-order chi connectivity index (χ1) is 12.2. The average molecular weight is 334 g/mol. The Morgan fingerprint density at radius 3 is 2.80 bits per heavy atom. The van der Waals surface area contributed by atoms with Crippen molar-refractivity contribution < 1.29 is 0 Å². The fraction of sp³-hybridized carbons (Fsp3) is 0.429. The van der Waals surface area contributed by atoms with Crippen LogP contribution in [0.15, 0.2) is 30.6 Å². The van der Waals surface area contributed by atoms with E-state index in [0.717, 1.165) is 50.3 Å². The van der Waals surface area contributed by atoms with Crippen molar-refractivity contribution in [1.82, 2.24) is 19.4 Å². The minimum absolute atomic E-state index is 0.925. The van der Waals surface area contributed by atoms with Crippen molar-refractivity contribution >= 4 is 10.9 Å². The van der Waals surface area contributed by atoms with Crippen molar-refractivity contribution in [2.45, 2.75) is 46.2 Å². The summed E-state index contributed by atoms with van der Waals surface area (Å²) in [5, 5.41) is 1.44. The molecule has 4 heteroatoms. The standard InChI is InChI=1S/C21H26N4/c1-4-16-5-6-20-18(11-16)19-14-24(3)9-8-21(19)25(20)10-7-17-13-22-15(2)12-23-17/h5-6,11-13H,4,7-10,14H2,1-3H3. The summed E-state index contributed by atoms with van der Waals surface area (Å²) >= 11 is 0. The highest BCUT2D eigenvalue weighted by Gasteiger charge is 2.22. The zero-order valence-electron chi connectivity index (χ0n) is 15.4. The third kappa shape index (κ3) is 3.07. The molecule has 0 aliphatic carbocycles. The van der Waals surface area contributed by atoms with Crippen molar-refractivity contribution in [3.05, 3.63) is 58.8 Å². The Hall–Kier alpha value is -2.20. The second-order valence-electron chi connectivity index (χ2n) is 7.17. The van der Waals surface area contributed by atoms with Crippen LogP contribution in [0, 0.1) is 6.92 Å². The molecule has 0 fully saturated rings. The fourth-order valence-electron chi connectivity index (χ4n) is 3.88. The molecule has 1 aliphatic rings. The lowest BCUT2D eigenvalue weighted by Crippen LogP contribution is -2.27. The Morgan fingerprint density at radius 1 is 1.16 bits per heavy atom. The normalized spacial score (nSPS) is 14.8. The summed E-state index contributed by atoms with van der Waals surface area (Å²) in [6, 6.07) is 6.99. The van der Waals surface area contributed by atoms with Gasteiger partial charge in [-0.1, -0.05) is 13.0 Å². The molecule has 0 saturated carbocycles. The van der Waals surface area contributed by atoms with Crippen LogP contribution in [0.5, 0.6) is 0 Å². The summed E-state index contributed by atoms with van der Waals surface area (Å²) in [5.41, 5.74) is 7.88. The van der Waals surface area contributed by atoms with Crippen LogP contribution in [0.1, 0.15) is 35.1 Å². The van der Waals surface area contributed by atoms with Crippen molar-refractivity contribution in [2.24, 2.45) is 0 Å². The molecule has 0 amide bonds. The van der Waals surface area contributed by atoms with Gasteiger partial charge in [0.25, 0.3) is 0 Å². The highest BCUT2D eigenvalue weighted by atomic mass is 15.1. The molecule has 0 unspecified atom stereocenters. The van der Waals surface area contributed by atoms with Gasteiger partial charge in [-0.3, -0.25) is 9.97 Å². The second-order valence-corrected chi connectivity index (χ2v) is 7.17. The molecule has 0 N–H and O–H groups in total. The number of aromatic nitrogens is 3. The average Bonchev–Trinajstić information content (AvgIpc) is 2.93. The van der Waals surface area contributed by atoms with Gasteiger partial charge in [-0.2, -0.15) is 0 Å². The van der Waals surface area contributed by atoms with Crippen molar-refractivity contribution in [3.8, 4) is 0 Å². The zero-order valence-corrected chi connectivity index (χ0v) is 15.4. The molecular formula is C21H26N4. The maximum absolute atomic E-state index is 4.53. The lowest BCUT2D eigenvalue weighted by molar-refractivity contribution is 0.309. The number of fused-ring (bicyclic) bond motifs is 3. The second kappa shape index (κ2) is 6.60. The molecular weight excluding hydrogens is 308 g/mol. The third-order valence-corrected chi connectivity index (χ3v) is 5.34. The summed E-state index contributed by atoms with van der Waals surface area (Å²) in [6.45, 7) is 7.37. The molecule has 1 aromatic carbocycles. The van der Waals surface area contributed by atoms with Crippen LogP contribution in [0.25, 0.3) is 10.9 Å². The number of aryl methyl sites for hydroxylation is 4. The Labute approximate surface area is 149 Å². The van der Waals surface area contributed by atoms with Gasteiger partial charge in [0.1, 0.15) is 0 Å². The predicted octanol–water partition coefficient (Wildman–Crippen LogP) is 3.53. The van der Waals surface area contributed by atoms with Crippen LogP contribution in [-0.4, -0.2) is 33.0 Å². The molecule has 1 aliphatic heterocycles. The predicted molar refractivity (Wildman–Crippen MR) is 102 cm³/mol. The monoisotopic (exact) mass is 334 g/mol. The van der Waals surface area contributed by atoms with Crippen LogP contribution in [0.2, 0.25) is 0 Å². The minimum atomic E-state index is 0.925. The molecule has 3 heterocycles. The first kappa shape index (κ1) is 16.3. The van der Waals surface area contributed by atoms with E-state index in [4.69, 9.17) is 0 Å². The number of likely N-dealkylation sites (N-methyl/N-ethyl adjacent to an activating group) is 1. The Morgan fingerprint density at radius 2 is 2.04 bits per heavy atom. The number of hydrogen-bond acceptors (Lipinski definition) is 3. The molecule has 0 atom stereocenters. The van der Waals surface area contributed by atoms with Gasteiger partial charge in [-0.15, -0.1) is 0 Å². The summed E-state index contributed by atoms with van der Waals surface area (Å²) in [6.07, 6.45) is 6.92. The van der Waals surface area contributed by atoms with Crippen LogP contribution >= 0.6 is 0 Å². The molecule has 0 radical (unpaired) electrons. The number of hydrogen-bond donors (Lipinski definition) is 0. The van der Waals surface area contributed by atoms with Crippen LogP contribution in [0.4, 0.5) is 0 Å². The SMILES string of the molecule is CCc1ccc2c(c1)c1c(n2CCc2cnc(C)cn2)CCN(C)C1. The zero-order chi connectivity index (χ0) is 17.4. The molecule has 0 bridgehead atoms. The third-order valence-electron chi connectivity index (χ3n) is 5.34. The van der Waals surface area contributed by atoms with Gasteiger partial charge in [0.05, 0.1) is 11.4 Å². The van der Waals surface area contributed by atoms with Gasteiger partial charge in [0.2, 0.25) is 0 Å². The topological polar surface area (TPSA) is 34.0 Å². The Kier molecular flexibility index (Phi) is 4.30. The van der Waals surface area contributed by atoms with Gasteiger partial charge in [-0.05, 0) is 43.7 Å². The largest absolute Gasteiger partial charge is 0.344 e. The van der Waals surface area contributed by atoms with E-state index in [1.54, 1.807) is 0 Å². The molecule has 2 aromatic heterocycles. The van der Waals surface area contributed by atoms with E-state index in [-0.39, 0.29) is 0 Å². The first-order valence-electron chi connectivity index (χ1n) is 9.24. The minimum Gasteiger partial charge on any atom is -0.344 e. The van der Waals surface area contributed by atoms with Gasteiger partial charge in [0, 0.05) is 61.5 Å². The molecule has 130 valence electrons. The van der Waals surface area contributed by atoms with Crippen LogP contribution in [0.3, 0.4) is 0 Å². The summed E-state index contributed by atoms with van der Waals surface area (Å²) < 4.78 is 2.53. The summed E-state index contributed by atoms with van der Waals surface area (Å²) in [7, 11) is 2.22. The maximum atomic E-state index is 4.53.